The molecule has 2 aromatic rings. The Morgan fingerprint density at radius 3 is 2.62 bits per heavy atom. The van der Waals surface area contributed by atoms with Gasteiger partial charge in [-0.2, -0.15) is 0 Å². The molecule has 21 heavy (non-hydrogen) atoms. The average molecular weight is 283 g/mol. The molecule has 0 N–H and O–H groups in total. The molecule has 108 valence electrons. The highest BCUT2D eigenvalue weighted by Gasteiger charge is 2.17. The molecule has 4 nitrogen and oxygen atoms in total. The molecule has 1 heterocycles. The smallest absolute Gasteiger partial charge is 0.254 e. The van der Waals surface area contributed by atoms with Crippen molar-refractivity contribution in [3.05, 3.63) is 59.7 Å². The Labute approximate surface area is 123 Å². The van der Waals surface area contributed by atoms with Crippen LogP contribution in [0.5, 0.6) is 11.5 Å². The van der Waals surface area contributed by atoms with Crippen LogP contribution in [0.4, 0.5) is 0 Å². The Hall–Kier alpha value is -2.49. The number of fused-ring (bicyclic) bond motifs is 1. The topological polar surface area (TPSA) is 38.8 Å². The average Bonchev–Trinajstić information content (AvgIpc) is 3.00. The van der Waals surface area contributed by atoms with Gasteiger partial charge in [0.05, 0.1) is 0 Å². The molecule has 1 aliphatic heterocycles. The number of rotatable bonds is 4. The number of hydrogen-bond donors (Lipinski definition) is 0. The van der Waals surface area contributed by atoms with Crippen LogP contribution in [0.15, 0.2) is 48.5 Å². The van der Waals surface area contributed by atoms with Gasteiger partial charge in [-0.05, 0) is 36.8 Å². The summed E-state index contributed by atoms with van der Waals surface area (Å²) < 4.78 is 10.7. The van der Waals surface area contributed by atoms with Gasteiger partial charge in [0.1, 0.15) is 0 Å². The van der Waals surface area contributed by atoms with E-state index in [1.165, 1.54) is 0 Å². The van der Waals surface area contributed by atoms with Crippen LogP contribution in [-0.4, -0.2) is 24.1 Å². The number of benzene rings is 2. The molecular weight excluding hydrogens is 266 g/mol. The van der Waals surface area contributed by atoms with Crippen molar-refractivity contribution in [3.8, 4) is 11.5 Å². The van der Waals surface area contributed by atoms with Crippen molar-refractivity contribution in [3.63, 3.8) is 0 Å². The second-order valence-electron chi connectivity index (χ2n) is 4.87. The maximum Gasteiger partial charge on any atom is 0.254 e. The summed E-state index contributed by atoms with van der Waals surface area (Å²) in [4.78, 5) is 14.3. The van der Waals surface area contributed by atoms with Gasteiger partial charge in [-0.1, -0.05) is 24.3 Å². The fraction of sp³-hybridized carbons (Fsp3) is 0.235. The highest BCUT2D eigenvalue weighted by molar-refractivity contribution is 5.94. The molecule has 1 amide bonds. The fourth-order valence-corrected chi connectivity index (χ4v) is 2.35. The van der Waals surface area contributed by atoms with E-state index in [2.05, 4.69) is 0 Å². The standard InChI is InChI=1S/C17H17NO3/c1-2-18(17(19)14-6-4-3-5-7-14)11-13-8-9-15-16(10-13)21-12-20-15/h3-10H,2,11-12H2,1H3. The van der Waals surface area contributed by atoms with Gasteiger partial charge in [-0.3, -0.25) is 4.79 Å². The molecule has 0 aromatic heterocycles. The minimum atomic E-state index is 0.0377. The molecular formula is C17H17NO3. The van der Waals surface area contributed by atoms with Gasteiger partial charge in [0, 0.05) is 18.7 Å². The summed E-state index contributed by atoms with van der Waals surface area (Å²) in [5, 5.41) is 0. The normalized spacial score (nSPS) is 12.2. The maximum atomic E-state index is 12.5. The lowest BCUT2D eigenvalue weighted by atomic mass is 10.1. The van der Waals surface area contributed by atoms with Crippen LogP contribution in [0.2, 0.25) is 0 Å². The van der Waals surface area contributed by atoms with Crippen molar-refractivity contribution in [2.75, 3.05) is 13.3 Å². The highest BCUT2D eigenvalue weighted by Crippen LogP contribution is 2.32. The van der Waals surface area contributed by atoms with E-state index < -0.39 is 0 Å². The number of amides is 1. The molecule has 0 unspecified atom stereocenters. The molecule has 0 aliphatic carbocycles. The van der Waals surface area contributed by atoms with Gasteiger partial charge in [0.25, 0.3) is 5.91 Å². The molecule has 0 radical (unpaired) electrons. The third-order valence-corrected chi connectivity index (χ3v) is 3.50. The molecule has 4 heteroatoms. The zero-order chi connectivity index (χ0) is 14.7. The van der Waals surface area contributed by atoms with Crippen LogP contribution in [0.1, 0.15) is 22.8 Å². The molecule has 0 saturated heterocycles. The first-order valence-electron chi connectivity index (χ1n) is 7.01. The molecule has 0 fully saturated rings. The van der Waals surface area contributed by atoms with E-state index in [0.717, 1.165) is 17.1 Å². The molecule has 1 aliphatic rings. The van der Waals surface area contributed by atoms with E-state index in [1.54, 1.807) is 0 Å². The van der Waals surface area contributed by atoms with Crippen molar-refractivity contribution in [2.45, 2.75) is 13.5 Å². The van der Waals surface area contributed by atoms with Crippen LogP contribution in [0.25, 0.3) is 0 Å². The van der Waals surface area contributed by atoms with E-state index >= 15 is 0 Å². The van der Waals surface area contributed by atoms with E-state index in [1.807, 2.05) is 60.4 Å². The van der Waals surface area contributed by atoms with Gasteiger partial charge in [0.2, 0.25) is 6.79 Å². The fourth-order valence-electron chi connectivity index (χ4n) is 2.35. The van der Waals surface area contributed by atoms with Gasteiger partial charge >= 0.3 is 0 Å². The van der Waals surface area contributed by atoms with Crippen molar-refractivity contribution in [1.29, 1.82) is 0 Å². The molecule has 2 aromatic carbocycles. The zero-order valence-corrected chi connectivity index (χ0v) is 11.9. The van der Waals surface area contributed by atoms with Crippen LogP contribution < -0.4 is 9.47 Å². The first kappa shape index (κ1) is 13.5. The Balaban J connectivity index is 1.77. The number of carbonyl (C=O) groups excluding carboxylic acids is 1. The maximum absolute atomic E-state index is 12.5. The highest BCUT2D eigenvalue weighted by atomic mass is 16.7. The largest absolute Gasteiger partial charge is 0.454 e. The molecule has 0 bridgehead atoms. The second-order valence-corrected chi connectivity index (χ2v) is 4.87. The second kappa shape index (κ2) is 5.87. The van der Waals surface area contributed by atoms with Crippen LogP contribution in [0, 0.1) is 0 Å². The summed E-state index contributed by atoms with van der Waals surface area (Å²) in [5.41, 5.74) is 1.74. The van der Waals surface area contributed by atoms with E-state index in [4.69, 9.17) is 9.47 Å². The molecule has 3 rings (SSSR count). The summed E-state index contributed by atoms with van der Waals surface area (Å²) in [6.07, 6.45) is 0. The lowest BCUT2D eigenvalue weighted by Crippen LogP contribution is -2.30. The van der Waals surface area contributed by atoms with Gasteiger partial charge in [-0.15, -0.1) is 0 Å². The predicted octanol–water partition coefficient (Wildman–Crippen LogP) is 3.08. The SMILES string of the molecule is CCN(Cc1ccc2c(c1)OCO2)C(=O)c1ccccc1. The van der Waals surface area contributed by atoms with Crippen molar-refractivity contribution in [2.24, 2.45) is 0 Å². The van der Waals surface area contributed by atoms with Crippen LogP contribution >= 0.6 is 0 Å². The van der Waals surface area contributed by atoms with Gasteiger partial charge in [0.15, 0.2) is 11.5 Å². The zero-order valence-electron chi connectivity index (χ0n) is 11.9. The number of ether oxygens (including phenoxy) is 2. The Bertz CT molecular complexity index is 640. The molecule has 0 spiro atoms. The quantitative estimate of drug-likeness (QED) is 0.865. The number of carbonyl (C=O) groups is 1. The summed E-state index contributed by atoms with van der Waals surface area (Å²) in [6, 6.07) is 15.1. The summed E-state index contributed by atoms with van der Waals surface area (Å²) >= 11 is 0. The van der Waals surface area contributed by atoms with E-state index in [9.17, 15) is 4.79 Å². The van der Waals surface area contributed by atoms with Crippen molar-refractivity contribution < 1.29 is 14.3 Å². The molecule has 0 atom stereocenters. The third-order valence-electron chi connectivity index (χ3n) is 3.50. The summed E-state index contributed by atoms with van der Waals surface area (Å²) in [7, 11) is 0. The van der Waals surface area contributed by atoms with Crippen molar-refractivity contribution in [1.82, 2.24) is 4.90 Å². The monoisotopic (exact) mass is 283 g/mol. The van der Waals surface area contributed by atoms with Crippen molar-refractivity contribution >= 4 is 5.91 Å². The lowest BCUT2D eigenvalue weighted by molar-refractivity contribution is 0.0752. The number of nitrogens with zero attached hydrogens (tertiary/aromatic N) is 1. The predicted molar refractivity (Wildman–Crippen MR) is 79.4 cm³/mol. The lowest BCUT2D eigenvalue weighted by Gasteiger charge is -2.21. The van der Waals surface area contributed by atoms with E-state index in [-0.39, 0.29) is 12.7 Å². The molecule has 0 saturated carbocycles. The van der Waals surface area contributed by atoms with Gasteiger partial charge in [-0.25, -0.2) is 0 Å². The van der Waals surface area contributed by atoms with Crippen LogP contribution in [0.3, 0.4) is 0 Å². The number of hydrogen-bond acceptors (Lipinski definition) is 3. The summed E-state index contributed by atoms with van der Waals surface area (Å²) in [6.45, 7) is 3.45. The van der Waals surface area contributed by atoms with Gasteiger partial charge < -0.3 is 14.4 Å². The Morgan fingerprint density at radius 2 is 1.86 bits per heavy atom. The van der Waals surface area contributed by atoms with E-state index in [0.29, 0.717) is 18.7 Å². The summed E-state index contributed by atoms with van der Waals surface area (Å²) in [5.74, 6) is 1.54. The van der Waals surface area contributed by atoms with Crippen LogP contribution in [-0.2, 0) is 6.54 Å². The first-order chi connectivity index (χ1) is 10.3. The Kier molecular flexibility index (Phi) is 3.77. The first-order valence-corrected chi connectivity index (χ1v) is 7.01. The third kappa shape index (κ3) is 2.84. The Morgan fingerprint density at radius 1 is 1.10 bits per heavy atom. The minimum absolute atomic E-state index is 0.0377. The minimum Gasteiger partial charge on any atom is -0.454 e.